The predicted molar refractivity (Wildman–Crippen MR) is 175 cm³/mol. The van der Waals surface area contributed by atoms with E-state index < -0.39 is 54.5 Å². The molecule has 0 aliphatic rings. The number of imidazole rings is 1. The molecule has 47 heavy (non-hydrogen) atoms. The van der Waals surface area contributed by atoms with Gasteiger partial charge in [0.25, 0.3) is 0 Å². The second kappa shape index (κ2) is 16.9. The number of carbonyl (C=O) groups is 4. The SMILES string of the molecule is CC(C)C[C@H](NC(=O)[C@H](Cc1cnc[nH]1)NC(=O)[C@@H](Cc1cccc2ccccc12)NC(=O)OCc1ccccc1)[C@@H](O)CC(=O)O. The molecule has 4 atom stereocenters. The van der Waals surface area contributed by atoms with Gasteiger partial charge in [0.1, 0.15) is 18.7 Å². The van der Waals surface area contributed by atoms with Gasteiger partial charge in [-0.15, -0.1) is 0 Å². The molecule has 0 saturated carbocycles. The minimum absolute atomic E-state index is 0.00392. The van der Waals surface area contributed by atoms with Crippen LogP contribution in [0.15, 0.2) is 85.3 Å². The molecular formula is C35H41N5O7. The number of fused-ring (bicyclic) bond motifs is 1. The van der Waals surface area contributed by atoms with Gasteiger partial charge in [-0.25, -0.2) is 9.78 Å². The number of aliphatic hydroxyl groups is 1. The Kier molecular flexibility index (Phi) is 12.5. The number of carboxylic acid groups (broad SMARTS) is 1. The number of hydrogen-bond acceptors (Lipinski definition) is 7. The molecule has 12 heteroatoms. The average molecular weight is 644 g/mol. The maximum Gasteiger partial charge on any atom is 0.408 e. The van der Waals surface area contributed by atoms with E-state index in [0.717, 1.165) is 21.9 Å². The number of carboxylic acids is 1. The lowest BCUT2D eigenvalue weighted by Crippen LogP contribution is -2.57. The van der Waals surface area contributed by atoms with Gasteiger partial charge in [0.2, 0.25) is 11.8 Å². The van der Waals surface area contributed by atoms with Crippen molar-refractivity contribution in [3.05, 3.63) is 102 Å². The summed E-state index contributed by atoms with van der Waals surface area (Å²) < 4.78 is 5.42. The van der Waals surface area contributed by atoms with E-state index in [1.54, 1.807) is 0 Å². The Morgan fingerprint density at radius 2 is 1.53 bits per heavy atom. The molecular weight excluding hydrogens is 602 g/mol. The number of aliphatic carboxylic acids is 1. The molecule has 0 unspecified atom stereocenters. The van der Waals surface area contributed by atoms with Gasteiger partial charge in [-0.3, -0.25) is 14.4 Å². The highest BCUT2D eigenvalue weighted by molar-refractivity contribution is 5.93. The molecule has 3 amide bonds. The Balaban J connectivity index is 1.58. The fourth-order valence-electron chi connectivity index (χ4n) is 5.33. The lowest BCUT2D eigenvalue weighted by Gasteiger charge is -2.28. The zero-order valence-corrected chi connectivity index (χ0v) is 26.4. The first-order valence-electron chi connectivity index (χ1n) is 15.5. The van der Waals surface area contributed by atoms with E-state index >= 15 is 0 Å². The summed E-state index contributed by atoms with van der Waals surface area (Å²) in [5.41, 5.74) is 2.13. The quantitative estimate of drug-likeness (QED) is 0.107. The molecule has 4 aromatic rings. The largest absolute Gasteiger partial charge is 0.481 e. The molecule has 0 radical (unpaired) electrons. The van der Waals surface area contributed by atoms with Crippen LogP contribution < -0.4 is 16.0 Å². The van der Waals surface area contributed by atoms with E-state index in [1.165, 1.54) is 12.5 Å². The number of rotatable bonds is 16. The maximum atomic E-state index is 14.0. The predicted octanol–water partition coefficient (Wildman–Crippen LogP) is 3.49. The van der Waals surface area contributed by atoms with Crippen LogP contribution in [0.1, 0.15) is 43.5 Å². The number of nitrogens with zero attached hydrogens (tertiary/aromatic N) is 1. The Hall–Kier alpha value is -5.23. The number of amides is 3. The number of hydrogen-bond donors (Lipinski definition) is 6. The molecule has 248 valence electrons. The maximum absolute atomic E-state index is 14.0. The summed E-state index contributed by atoms with van der Waals surface area (Å²) in [6, 6.07) is 19.3. The van der Waals surface area contributed by atoms with Crippen LogP contribution in [0.3, 0.4) is 0 Å². The van der Waals surface area contributed by atoms with E-state index in [1.807, 2.05) is 86.6 Å². The minimum atomic E-state index is -1.34. The van der Waals surface area contributed by atoms with Gasteiger partial charge in [-0.1, -0.05) is 86.6 Å². The minimum Gasteiger partial charge on any atom is -0.481 e. The summed E-state index contributed by atoms with van der Waals surface area (Å²) in [4.78, 5) is 58.9. The highest BCUT2D eigenvalue weighted by Gasteiger charge is 2.31. The van der Waals surface area contributed by atoms with E-state index in [9.17, 15) is 29.4 Å². The third-order valence-corrected chi connectivity index (χ3v) is 7.64. The number of aromatic amines is 1. The summed E-state index contributed by atoms with van der Waals surface area (Å²) in [6.07, 6.45) is 0.669. The Morgan fingerprint density at radius 1 is 0.851 bits per heavy atom. The normalized spacial score (nSPS) is 13.7. The zero-order valence-electron chi connectivity index (χ0n) is 26.4. The standard InChI is InChI=1S/C35H41N5O7/c1-22(2)15-28(31(41)18-32(42)43)38-34(45)30(17-26-19-36-21-37-26)39-33(44)29(40-35(46)47-20-23-9-4-3-5-10-23)16-25-13-8-12-24-11-6-7-14-27(24)25/h3-14,19,21-22,28-31,41H,15-18,20H2,1-2H3,(H,36,37)(H,38,45)(H,39,44)(H,40,46)(H,42,43)/t28-,29+,30-,31-/m0/s1. The Bertz CT molecular complexity index is 1620. The molecule has 0 spiro atoms. The van der Waals surface area contributed by atoms with Gasteiger partial charge in [-0.2, -0.15) is 0 Å². The molecule has 1 aromatic heterocycles. The number of carbonyl (C=O) groups excluding carboxylic acids is 3. The van der Waals surface area contributed by atoms with Crippen molar-refractivity contribution in [1.82, 2.24) is 25.9 Å². The van der Waals surface area contributed by atoms with Crippen LogP contribution in [0.5, 0.6) is 0 Å². The summed E-state index contributed by atoms with van der Waals surface area (Å²) in [7, 11) is 0. The fraction of sp³-hybridized carbons (Fsp3) is 0.343. The first kappa shape index (κ1) is 34.6. The number of nitrogens with one attached hydrogen (secondary N) is 4. The molecule has 0 fully saturated rings. The van der Waals surface area contributed by atoms with Crippen molar-refractivity contribution in [2.45, 2.75) is 70.4 Å². The third-order valence-electron chi connectivity index (χ3n) is 7.64. The number of H-pyrrole nitrogens is 1. The third kappa shape index (κ3) is 10.7. The van der Waals surface area contributed by atoms with Gasteiger partial charge in [-0.05, 0) is 34.2 Å². The lowest BCUT2D eigenvalue weighted by atomic mass is 9.96. The summed E-state index contributed by atoms with van der Waals surface area (Å²) in [6.45, 7) is 3.77. The number of aliphatic hydroxyl groups excluding tert-OH is 1. The second-order valence-electron chi connectivity index (χ2n) is 11.9. The topological polar surface area (TPSA) is 183 Å². The highest BCUT2D eigenvalue weighted by Crippen LogP contribution is 2.20. The van der Waals surface area contributed by atoms with Crippen LogP contribution in [0.25, 0.3) is 10.8 Å². The highest BCUT2D eigenvalue weighted by atomic mass is 16.5. The zero-order chi connectivity index (χ0) is 33.8. The van der Waals surface area contributed by atoms with Gasteiger partial charge >= 0.3 is 12.1 Å². The average Bonchev–Trinajstić information content (AvgIpc) is 3.56. The van der Waals surface area contributed by atoms with Crippen LogP contribution in [-0.4, -0.2) is 68.3 Å². The first-order valence-corrected chi connectivity index (χ1v) is 15.5. The van der Waals surface area contributed by atoms with Crippen LogP contribution in [0.2, 0.25) is 0 Å². The molecule has 0 bridgehead atoms. The lowest BCUT2D eigenvalue weighted by molar-refractivity contribution is -0.140. The smallest absolute Gasteiger partial charge is 0.408 e. The first-order chi connectivity index (χ1) is 22.6. The number of ether oxygens (including phenoxy) is 1. The van der Waals surface area contributed by atoms with Crippen molar-refractivity contribution in [2.75, 3.05) is 0 Å². The van der Waals surface area contributed by atoms with Crippen molar-refractivity contribution in [2.24, 2.45) is 5.92 Å². The van der Waals surface area contributed by atoms with Gasteiger partial charge in [0.15, 0.2) is 0 Å². The summed E-state index contributed by atoms with van der Waals surface area (Å²) in [5, 5.41) is 29.9. The molecule has 1 heterocycles. The van der Waals surface area contributed by atoms with Gasteiger partial charge < -0.3 is 35.9 Å². The van der Waals surface area contributed by atoms with Crippen molar-refractivity contribution in [3.63, 3.8) is 0 Å². The Morgan fingerprint density at radius 3 is 2.23 bits per heavy atom. The Labute approximate surface area is 272 Å². The van der Waals surface area contributed by atoms with Crippen LogP contribution >= 0.6 is 0 Å². The van der Waals surface area contributed by atoms with Crippen molar-refractivity contribution in [3.8, 4) is 0 Å². The molecule has 0 saturated heterocycles. The van der Waals surface area contributed by atoms with Crippen molar-refractivity contribution in [1.29, 1.82) is 0 Å². The molecule has 4 rings (SSSR count). The van der Waals surface area contributed by atoms with Gasteiger partial charge in [0, 0.05) is 24.7 Å². The van der Waals surface area contributed by atoms with Gasteiger partial charge in [0.05, 0.1) is 24.9 Å². The van der Waals surface area contributed by atoms with E-state index in [-0.39, 0.29) is 25.4 Å². The van der Waals surface area contributed by atoms with Crippen LogP contribution in [0, 0.1) is 5.92 Å². The molecule has 3 aromatic carbocycles. The molecule has 0 aliphatic heterocycles. The van der Waals surface area contributed by atoms with Crippen molar-refractivity contribution < 1.29 is 34.1 Å². The van der Waals surface area contributed by atoms with E-state index in [2.05, 4.69) is 25.9 Å². The monoisotopic (exact) mass is 643 g/mol. The van der Waals surface area contributed by atoms with Crippen molar-refractivity contribution >= 4 is 34.6 Å². The second-order valence-corrected chi connectivity index (χ2v) is 11.9. The van der Waals surface area contributed by atoms with E-state index in [0.29, 0.717) is 12.1 Å². The number of alkyl carbamates (subject to hydrolysis) is 1. The van der Waals surface area contributed by atoms with Crippen LogP contribution in [0.4, 0.5) is 4.79 Å². The molecule has 12 nitrogen and oxygen atoms in total. The summed E-state index contributed by atoms with van der Waals surface area (Å²) >= 11 is 0. The summed E-state index contributed by atoms with van der Waals surface area (Å²) in [5.74, 6) is -2.44. The number of aromatic nitrogens is 2. The van der Waals surface area contributed by atoms with E-state index in [4.69, 9.17) is 4.74 Å². The van der Waals surface area contributed by atoms with Crippen LogP contribution in [-0.2, 0) is 38.6 Å². The number of benzene rings is 3. The fourth-order valence-corrected chi connectivity index (χ4v) is 5.33. The molecule has 0 aliphatic carbocycles. The molecule has 6 N–H and O–H groups in total.